The Morgan fingerprint density at radius 2 is 1.89 bits per heavy atom. The summed E-state index contributed by atoms with van der Waals surface area (Å²) in [6, 6.07) is 13.6. The summed E-state index contributed by atoms with van der Waals surface area (Å²) >= 11 is 0. The summed E-state index contributed by atoms with van der Waals surface area (Å²) in [4.78, 5) is 26.1. The lowest BCUT2D eigenvalue weighted by Gasteiger charge is -2.38. The molecule has 0 aromatic heterocycles. The second-order valence-electron chi connectivity index (χ2n) is 7.27. The number of likely N-dealkylation sites (tertiary alicyclic amines) is 1. The molecule has 0 aliphatic carbocycles. The van der Waals surface area contributed by atoms with Crippen LogP contribution in [-0.4, -0.2) is 35.9 Å². The van der Waals surface area contributed by atoms with Gasteiger partial charge >= 0.3 is 0 Å². The molecule has 28 heavy (non-hydrogen) atoms. The third-order valence-electron chi connectivity index (χ3n) is 5.18. The Kier molecular flexibility index (Phi) is 6.29. The highest BCUT2D eigenvalue weighted by Gasteiger charge is 2.34. The van der Waals surface area contributed by atoms with Crippen molar-refractivity contribution in [3.05, 3.63) is 65.5 Å². The maximum atomic E-state index is 13.1. The molecule has 1 aliphatic rings. The van der Waals surface area contributed by atoms with E-state index in [2.05, 4.69) is 0 Å². The van der Waals surface area contributed by atoms with Crippen LogP contribution in [0.4, 0.5) is 4.39 Å². The van der Waals surface area contributed by atoms with Gasteiger partial charge in [-0.25, -0.2) is 4.39 Å². The van der Waals surface area contributed by atoms with Gasteiger partial charge in [0.05, 0.1) is 6.42 Å². The lowest BCUT2D eigenvalue weighted by molar-refractivity contribution is -0.135. The van der Waals surface area contributed by atoms with Crippen molar-refractivity contribution in [3.8, 4) is 5.75 Å². The lowest BCUT2D eigenvalue weighted by atomic mass is 9.90. The number of primary amides is 1. The van der Waals surface area contributed by atoms with Gasteiger partial charge in [0.15, 0.2) is 0 Å². The number of piperidine rings is 1. The summed E-state index contributed by atoms with van der Waals surface area (Å²) in [7, 11) is 0. The molecule has 1 aliphatic heterocycles. The number of amides is 2. The van der Waals surface area contributed by atoms with E-state index >= 15 is 0 Å². The molecule has 2 aromatic rings. The molecule has 5 nitrogen and oxygen atoms in total. The number of nitrogens with zero attached hydrogens (tertiary/aromatic N) is 1. The molecule has 2 aromatic carbocycles. The molecule has 0 radical (unpaired) electrons. The first-order valence-electron chi connectivity index (χ1n) is 9.45. The van der Waals surface area contributed by atoms with Crippen LogP contribution in [-0.2, 0) is 16.0 Å². The molecule has 0 saturated carbocycles. The molecule has 148 valence electrons. The number of ether oxygens (including phenoxy) is 1. The monoisotopic (exact) mass is 384 g/mol. The van der Waals surface area contributed by atoms with Gasteiger partial charge in [-0.05, 0) is 42.3 Å². The molecule has 0 unspecified atom stereocenters. The normalized spacial score (nSPS) is 19.3. The number of carbonyl (C=O) groups is 2. The number of halogens is 1. The van der Waals surface area contributed by atoms with Crippen molar-refractivity contribution in [2.45, 2.75) is 32.3 Å². The smallest absolute Gasteiger partial charge is 0.227 e. The number of benzene rings is 2. The van der Waals surface area contributed by atoms with Crippen molar-refractivity contribution in [1.82, 2.24) is 4.90 Å². The van der Waals surface area contributed by atoms with Gasteiger partial charge < -0.3 is 15.4 Å². The van der Waals surface area contributed by atoms with Crippen molar-refractivity contribution in [3.63, 3.8) is 0 Å². The molecule has 6 heteroatoms. The molecule has 3 rings (SSSR count). The fourth-order valence-electron chi connectivity index (χ4n) is 3.62. The summed E-state index contributed by atoms with van der Waals surface area (Å²) in [5, 5.41) is 0. The van der Waals surface area contributed by atoms with Gasteiger partial charge in [-0.15, -0.1) is 0 Å². The maximum absolute atomic E-state index is 13.1. The first-order valence-corrected chi connectivity index (χ1v) is 9.45. The van der Waals surface area contributed by atoms with E-state index in [-0.39, 0.29) is 30.2 Å². The predicted molar refractivity (Wildman–Crippen MR) is 104 cm³/mol. The Bertz CT molecular complexity index is 838. The standard InChI is InChI=1S/C22H25FN2O3/c1-15-4-2-3-5-16(15)13-22(27)25-11-10-20(17(14-25)12-21(24)26)28-19-8-6-18(23)7-9-19/h2-9,17,20H,10-14H2,1H3,(H2,24,26)/t17-,20-/m0/s1. The molecule has 0 spiro atoms. The highest BCUT2D eigenvalue weighted by atomic mass is 19.1. The van der Waals surface area contributed by atoms with Gasteiger partial charge in [-0.1, -0.05) is 24.3 Å². The Hall–Kier alpha value is -2.89. The van der Waals surface area contributed by atoms with Crippen LogP contribution in [0.2, 0.25) is 0 Å². The first kappa shape index (κ1) is 19.9. The third kappa shape index (κ3) is 5.09. The third-order valence-corrected chi connectivity index (χ3v) is 5.18. The Morgan fingerprint density at radius 3 is 2.57 bits per heavy atom. The van der Waals surface area contributed by atoms with E-state index in [4.69, 9.17) is 10.5 Å². The average Bonchev–Trinajstić information content (AvgIpc) is 2.66. The molecule has 0 bridgehead atoms. The fraction of sp³-hybridized carbons (Fsp3) is 0.364. The van der Waals surface area contributed by atoms with E-state index in [1.807, 2.05) is 31.2 Å². The zero-order chi connectivity index (χ0) is 20.1. The number of nitrogens with two attached hydrogens (primary N) is 1. The van der Waals surface area contributed by atoms with Crippen LogP contribution in [0, 0.1) is 18.7 Å². The minimum absolute atomic E-state index is 0.0315. The van der Waals surface area contributed by atoms with E-state index in [9.17, 15) is 14.0 Å². The van der Waals surface area contributed by atoms with Gasteiger partial charge in [0.25, 0.3) is 0 Å². The van der Waals surface area contributed by atoms with Crippen LogP contribution in [0.5, 0.6) is 5.75 Å². The van der Waals surface area contributed by atoms with E-state index in [1.165, 1.54) is 12.1 Å². The maximum Gasteiger partial charge on any atom is 0.227 e. The minimum Gasteiger partial charge on any atom is -0.490 e. The Morgan fingerprint density at radius 1 is 1.18 bits per heavy atom. The fourth-order valence-corrected chi connectivity index (χ4v) is 3.62. The minimum atomic E-state index is -0.425. The summed E-state index contributed by atoms with van der Waals surface area (Å²) < 4.78 is 19.1. The van der Waals surface area contributed by atoms with E-state index < -0.39 is 5.91 Å². The second-order valence-corrected chi connectivity index (χ2v) is 7.27. The number of rotatable bonds is 6. The molecular weight excluding hydrogens is 359 g/mol. The van der Waals surface area contributed by atoms with E-state index in [1.54, 1.807) is 17.0 Å². The van der Waals surface area contributed by atoms with Crippen molar-refractivity contribution >= 4 is 11.8 Å². The van der Waals surface area contributed by atoms with Crippen LogP contribution >= 0.6 is 0 Å². The van der Waals surface area contributed by atoms with Crippen molar-refractivity contribution < 1.29 is 18.7 Å². The Labute approximate surface area is 164 Å². The lowest BCUT2D eigenvalue weighted by Crippen LogP contribution is -2.49. The van der Waals surface area contributed by atoms with Crippen molar-refractivity contribution in [2.24, 2.45) is 11.7 Å². The predicted octanol–water partition coefficient (Wildman–Crippen LogP) is 2.85. The van der Waals surface area contributed by atoms with Gasteiger partial charge in [0.1, 0.15) is 17.7 Å². The summed E-state index contributed by atoms with van der Waals surface area (Å²) in [6.07, 6.45) is 0.814. The number of hydrogen-bond donors (Lipinski definition) is 1. The first-order chi connectivity index (χ1) is 13.4. The van der Waals surface area contributed by atoms with Gasteiger partial charge in [0, 0.05) is 31.8 Å². The van der Waals surface area contributed by atoms with Crippen molar-refractivity contribution in [2.75, 3.05) is 13.1 Å². The average molecular weight is 384 g/mol. The van der Waals surface area contributed by atoms with E-state index in [0.717, 1.165) is 11.1 Å². The molecule has 2 atom stereocenters. The quantitative estimate of drug-likeness (QED) is 0.832. The highest BCUT2D eigenvalue weighted by Crippen LogP contribution is 2.26. The number of aryl methyl sites for hydroxylation is 1. The summed E-state index contributed by atoms with van der Waals surface area (Å²) in [5.41, 5.74) is 7.50. The molecule has 2 N–H and O–H groups in total. The van der Waals surface area contributed by atoms with Crippen molar-refractivity contribution in [1.29, 1.82) is 0 Å². The topological polar surface area (TPSA) is 72.6 Å². The van der Waals surface area contributed by atoms with E-state index in [0.29, 0.717) is 31.7 Å². The SMILES string of the molecule is Cc1ccccc1CC(=O)N1CC[C@H](Oc2ccc(F)cc2)[C@@H](CC(N)=O)C1. The number of hydrogen-bond acceptors (Lipinski definition) is 3. The van der Waals surface area contributed by atoms with Crippen LogP contribution in [0.3, 0.4) is 0 Å². The molecule has 2 amide bonds. The zero-order valence-electron chi connectivity index (χ0n) is 15.9. The molecular formula is C22H25FN2O3. The van der Waals surface area contributed by atoms with Crippen LogP contribution in [0.15, 0.2) is 48.5 Å². The highest BCUT2D eigenvalue weighted by molar-refractivity contribution is 5.79. The summed E-state index contributed by atoms with van der Waals surface area (Å²) in [5.74, 6) is -0.384. The van der Waals surface area contributed by atoms with Gasteiger partial charge in [-0.3, -0.25) is 9.59 Å². The van der Waals surface area contributed by atoms with Gasteiger partial charge in [-0.2, -0.15) is 0 Å². The number of carbonyl (C=O) groups excluding carboxylic acids is 2. The molecule has 1 heterocycles. The van der Waals surface area contributed by atoms with Crippen LogP contribution < -0.4 is 10.5 Å². The molecule has 1 fully saturated rings. The second kappa shape index (κ2) is 8.87. The van der Waals surface area contributed by atoms with Gasteiger partial charge in [0.2, 0.25) is 11.8 Å². The summed E-state index contributed by atoms with van der Waals surface area (Å²) in [6.45, 7) is 2.95. The zero-order valence-corrected chi connectivity index (χ0v) is 15.9. The molecule has 1 saturated heterocycles. The van der Waals surface area contributed by atoms with Crippen LogP contribution in [0.1, 0.15) is 24.0 Å². The largest absolute Gasteiger partial charge is 0.490 e. The Balaban J connectivity index is 1.67. The van der Waals surface area contributed by atoms with Crippen LogP contribution in [0.25, 0.3) is 0 Å².